The summed E-state index contributed by atoms with van der Waals surface area (Å²) in [4.78, 5) is 0. The van der Waals surface area contributed by atoms with Gasteiger partial charge in [0.25, 0.3) is 0 Å². The molecule has 0 spiro atoms. The van der Waals surface area contributed by atoms with E-state index in [1.54, 1.807) is 13.2 Å². The summed E-state index contributed by atoms with van der Waals surface area (Å²) in [5.41, 5.74) is 0.752. The van der Waals surface area contributed by atoms with Crippen molar-refractivity contribution in [2.75, 3.05) is 19.0 Å². The van der Waals surface area contributed by atoms with E-state index in [-0.39, 0.29) is 11.9 Å². The zero-order valence-corrected chi connectivity index (χ0v) is 9.64. The minimum Gasteiger partial charge on any atom is -0.385 e. The zero-order valence-electron chi connectivity index (χ0n) is 8.89. The van der Waals surface area contributed by atoms with Gasteiger partial charge >= 0.3 is 0 Å². The number of halogens is 2. The van der Waals surface area contributed by atoms with Gasteiger partial charge in [0, 0.05) is 19.8 Å². The Kier molecular flexibility index (Phi) is 4.85. The highest BCUT2D eigenvalue weighted by atomic mass is 35.5. The number of ether oxygens (including phenoxy) is 1. The fraction of sp³-hybridized carbons (Fsp3) is 0.455. The molecular formula is C11H15ClFNO. The van der Waals surface area contributed by atoms with Crippen molar-refractivity contribution in [2.24, 2.45) is 0 Å². The molecule has 1 unspecified atom stereocenters. The molecule has 0 bridgehead atoms. The van der Waals surface area contributed by atoms with Gasteiger partial charge in [0.05, 0.1) is 10.7 Å². The molecule has 0 aliphatic heterocycles. The fourth-order valence-electron chi connectivity index (χ4n) is 1.24. The molecule has 4 heteroatoms. The van der Waals surface area contributed by atoms with Crippen molar-refractivity contribution in [3.8, 4) is 0 Å². The predicted molar refractivity (Wildman–Crippen MR) is 61.0 cm³/mol. The Morgan fingerprint density at radius 2 is 2.27 bits per heavy atom. The van der Waals surface area contributed by atoms with Crippen LogP contribution in [0.4, 0.5) is 10.1 Å². The van der Waals surface area contributed by atoms with Gasteiger partial charge in [-0.25, -0.2) is 4.39 Å². The second kappa shape index (κ2) is 5.93. The van der Waals surface area contributed by atoms with Crippen LogP contribution < -0.4 is 5.32 Å². The molecule has 0 saturated carbocycles. The second-order valence-corrected chi connectivity index (χ2v) is 3.86. The van der Waals surface area contributed by atoms with Gasteiger partial charge in [-0.1, -0.05) is 11.6 Å². The first-order valence-electron chi connectivity index (χ1n) is 4.84. The summed E-state index contributed by atoms with van der Waals surface area (Å²) in [6.45, 7) is 2.71. The van der Waals surface area contributed by atoms with Crippen LogP contribution in [0, 0.1) is 5.82 Å². The molecule has 1 rings (SSSR count). The van der Waals surface area contributed by atoms with Gasteiger partial charge in [-0.2, -0.15) is 0 Å². The summed E-state index contributed by atoms with van der Waals surface area (Å²) in [7, 11) is 1.66. The number of nitrogens with one attached hydrogen (secondary N) is 1. The number of methoxy groups -OCH3 is 1. The fourth-order valence-corrected chi connectivity index (χ4v) is 1.46. The molecule has 84 valence electrons. The molecule has 0 aliphatic carbocycles. The van der Waals surface area contributed by atoms with E-state index in [2.05, 4.69) is 5.32 Å². The van der Waals surface area contributed by atoms with Gasteiger partial charge < -0.3 is 10.1 Å². The van der Waals surface area contributed by atoms with Crippen molar-refractivity contribution in [3.05, 3.63) is 29.0 Å². The van der Waals surface area contributed by atoms with Gasteiger partial charge in [-0.05, 0) is 31.5 Å². The first-order chi connectivity index (χ1) is 7.13. The molecule has 0 aromatic heterocycles. The van der Waals surface area contributed by atoms with E-state index in [0.717, 1.165) is 12.1 Å². The summed E-state index contributed by atoms with van der Waals surface area (Å²) in [5.74, 6) is -0.324. The van der Waals surface area contributed by atoms with Crippen LogP contribution >= 0.6 is 11.6 Å². The molecule has 0 aliphatic rings. The van der Waals surface area contributed by atoms with Crippen molar-refractivity contribution in [1.82, 2.24) is 0 Å². The molecule has 0 heterocycles. The molecule has 0 saturated heterocycles. The second-order valence-electron chi connectivity index (χ2n) is 3.45. The molecule has 1 atom stereocenters. The lowest BCUT2D eigenvalue weighted by molar-refractivity contribution is 0.191. The van der Waals surface area contributed by atoms with E-state index >= 15 is 0 Å². The third-order valence-electron chi connectivity index (χ3n) is 2.09. The van der Waals surface area contributed by atoms with Crippen LogP contribution in [0.15, 0.2) is 18.2 Å². The van der Waals surface area contributed by atoms with E-state index in [4.69, 9.17) is 16.3 Å². The summed E-state index contributed by atoms with van der Waals surface area (Å²) in [6, 6.07) is 4.57. The number of hydrogen-bond acceptors (Lipinski definition) is 2. The summed E-state index contributed by atoms with van der Waals surface area (Å²) >= 11 is 5.87. The van der Waals surface area contributed by atoms with Gasteiger partial charge in [0.15, 0.2) is 0 Å². The van der Waals surface area contributed by atoms with Crippen LogP contribution in [0.1, 0.15) is 13.3 Å². The lowest BCUT2D eigenvalue weighted by Gasteiger charge is -2.15. The van der Waals surface area contributed by atoms with Crippen LogP contribution in [0.5, 0.6) is 0 Å². The molecule has 0 fully saturated rings. The maximum absolute atomic E-state index is 12.8. The van der Waals surface area contributed by atoms with Crippen molar-refractivity contribution in [3.63, 3.8) is 0 Å². The monoisotopic (exact) mass is 231 g/mol. The first kappa shape index (κ1) is 12.3. The molecule has 15 heavy (non-hydrogen) atoms. The molecule has 1 N–H and O–H groups in total. The highest BCUT2D eigenvalue weighted by molar-refractivity contribution is 6.33. The number of anilines is 1. The van der Waals surface area contributed by atoms with Crippen LogP contribution in [0.25, 0.3) is 0 Å². The van der Waals surface area contributed by atoms with Gasteiger partial charge in [-0.15, -0.1) is 0 Å². The zero-order chi connectivity index (χ0) is 11.3. The standard InChI is InChI=1S/C11H15ClFNO/c1-8(5-6-15-2)14-11-4-3-9(13)7-10(11)12/h3-4,7-8,14H,5-6H2,1-2H3. The maximum Gasteiger partial charge on any atom is 0.124 e. The summed E-state index contributed by atoms with van der Waals surface area (Å²) < 4.78 is 17.7. The quantitative estimate of drug-likeness (QED) is 0.840. The Labute approximate surface area is 94.4 Å². The summed E-state index contributed by atoms with van der Waals surface area (Å²) in [6.07, 6.45) is 0.879. The third kappa shape index (κ3) is 4.06. The number of benzene rings is 1. The van der Waals surface area contributed by atoms with Crippen LogP contribution in [0.3, 0.4) is 0 Å². The predicted octanol–water partition coefficient (Wildman–Crippen LogP) is 3.32. The lowest BCUT2D eigenvalue weighted by Crippen LogP contribution is -2.17. The Morgan fingerprint density at radius 3 is 2.87 bits per heavy atom. The topological polar surface area (TPSA) is 21.3 Å². The number of rotatable bonds is 5. The highest BCUT2D eigenvalue weighted by Crippen LogP contribution is 2.23. The van der Waals surface area contributed by atoms with Crippen LogP contribution in [-0.2, 0) is 4.74 Å². The van der Waals surface area contributed by atoms with E-state index in [1.165, 1.54) is 12.1 Å². The molecule has 0 amide bonds. The molecule has 1 aromatic rings. The molecule has 1 aromatic carbocycles. The van der Waals surface area contributed by atoms with E-state index in [9.17, 15) is 4.39 Å². The van der Waals surface area contributed by atoms with Crippen LogP contribution in [-0.4, -0.2) is 19.8 Å². The van der Waals surface area contributed by atoms with E-state index in [1.807, 2.05) is 6.92 Å². The Morgan fingerprint density at radius 1 is 1.53 bits per heavy atom. The number of hydrogen-bond donors (Lipinski definition) is 1. The van der Waals surface area contributed by atoms with Crippen molar-refractivity contribution < 1.29 is 9.13 Å². The van der Waals surface area contributed by atoms with Gasteiger partial charge in [-0.3, -0.25) is 0 Å². The van der Waals surface area contributed by atoms with E-state index in [0.29, 0.717) is 11.6 Å². The Balaban J connectivity index is 2.56. The summed E-state index contributed by atoms with van der Waals surface area (Å²) in [5, 5.41) is 3.60. The normalized spacial score (nSPS) is 12.5. The largest absolute Gasteiger partial charge is 0.385 e. The maximum atomic E-state index is 12.8. The smallest absolute Gasteiger partial charge is 0.124 e. The third-order valence-corrected chi connectivity index (χ3v) is 2.40. The minimum absolute atomic E-state index is 0.243. The van der Waals surface area contributed by atoms with Crippen molar-refractivity contribution in [2.45, 2.75) is 19.4 Å². The van der Waals surface area contributed by atoms with E-state index < -0.39 is 0 Å². The average molecular weight is 232 g/mol. The highest BCUT2D eigenvalue weighted by Gasteiger charge is 2.05. The lowest BCUT2D eigenvalue weighted by atomic mass is 10.2. The average Bonchev–Trinajstić information content (AvgIpc) is 2.19. The minimum atomic E-state index is -0.324. The molecule has 0 radical (unpaired) electrons. The first-order valence-corrected chi connectivity index (χ1v) is 5.22. The Hall–Kier alpha value is -0.800. The van der Waals surface area contributed by atoms with Crippen molar-refractivity contribution in [1.29, 1.82) is 0 Å². The SMILES string of the molecule is COCCC(C)Nc1ccc(F)cc1Cl. The van der Waals surface area contributed by atoms with Gasteiger partial charge in [0.1, 0.15) is 5.82 Å². The van der Waals surface area contributed by atoms with Crippen LogP contribution in [0.2, 0.25) is 5.02 Å². The molecular weight excluding hydrogens is 217 g/mol. The van der Waals surface area contributed by atoms with Gasteiger partial charge in [0.2, 0.25) is 0 Å². The molecule has 2 nitrogen and oxygen atoms in total. The van der Waals surface area contributed by atoms with Crippen molar-refractivity contribution >= 4 is 17.3 Å². The Bertz CT molecular complexity index is 319.